The molecule has 3 nitrogen and oxygen atoms in total. The van der Waals surface area contributed by atoms with Gasteiger partial charge >= 0.3 is 0 Å². The van der Waals surface area contributed by atoms with Gasteiger partial charge in [0.25, 0.3) is 11.3 Å². The normalized spacial score (nSPS) is 14.4. The standard InChI is InChI=1S/C4H9NO2S/c1-3-4-5(2)8(6)7/h3-4H,1-2H3,(H,6,7). The first kappa shape index (κ1) is 7.65. The summed E-state index contributed by atoms with van der Waals surface area (Å²) in [6.45, 7) is 1.78. The molecule has 0 radical (unpaired) electrons. The predicted molar refractivity (Wildman–Crippen MR) is 33.3 cm³/mol. The summed E-state index contributed by atoms with van der Waals surface area (Å²) in [6, 6.07) is 0. The van der Waals surface area contributed by atoms with Gasteiger partial charge in [0.2, 0.25) is 0 Å². The molecule has 1 unspecified atom stereocenters. The number of nitrogens with zero attached hydrogens (tertiary/aromatic N) is 1. The second-order valence-electron chi connectivity index (χ2n) is 1.26. The SMILES string of the molecule is CC=CN(C)S(=O)O. The van der Waals surface area contributed by atoms with E-state index in [4.69, 9.17) is 4.55 Å². The van der Waals surface area contributed by atoms with Crippen molar-refractivity contribution in [2.45, 2.75) is 6.92 Å². The maximum absolute atomic E-state index is 10.1. The van der Waals surface area contributed by atoms with Crippen molar-refractivity contribution in [1.82, 2.24) is 4.31 Å². The highest BCUT2D eigenvalue weighted by molar-refractivity contribution is 7.76. The van der Waals surface area contributed by atoms with Gasteiger partial charge in [-0.25, -0.2) is 4.21 Å². The lowest BCUT2D eigenvalue weighted by Gasteiger charge is -2.04. The molecule has 0 spiro atoms. The van der Waals surface area contributed by atoms with Crippen LogP contribution in [0.25, 0.3) is 0 Å². The average molecular weight is 135 g/mol. The van der Waals surface area contributed by atoms with E-state index >= 15 is 0 Å². The van der Waals surface area contributed by atoms with Crippen LogP contribution in [0.2, 0.25) is 0 Å². The van der Waals surface area contributed by atoms with E-state index in [1.54, 1.807) is 13.0 Å². The number of hydrogen-bond acceptors (Lipinski definition) is 1. The van der Waals surface area contributed by atoms with Crippen LogP contribution in [0.5, 0.6) is 0 Å². The summed E-state index contributed by atoms with van der Waals surface area (Å²) in [5.74, 6) is 0. The smallest absolute Gasteiger partial charge is 0.261 e. The molecule has 0 aliphatic heterocycles. The summed E-state index contributed by atoms with van der Waals surface area (Å²) in [7, 11) is 1.52. The van der Waals surface area contributed by atoms with E-state index in [-0.39, 0.29) is 0 Å². The molecule has 0 aliphatic rings. The van der Waals surface area contributed by atoms with Crippen LogP contribution in [-0.4, -0.2) is 20.1 Å². The van der Waals surface area contributed by atoms with Crippen molar-refractivity contribution in [1.29, 1.82) is 0 Å². The third-order valence-corrected chi connectivity index (χ3v) is 1.22. The third-order valence-electron chi connectivity index (χ3n) is 0.605. The van der Waals surface area contributed by atoms with Gasteiger partial charge in [-0.2, -0.15) is 0 Å². The highest BCUT2D eigenvalue weighted by Gasteiger charge is 1.92. The number of allylic oxidation sites excluding steroid dienone is 1. The number of rotatable bonds is 2. The Balaban J connectivity index is 3.64. The molecule has 1 atom stereocenters. The zero-order valence-corrected chi connectivity index (χ0v) is 5.68. The van der Waals surface area contributed by atoms with Crippen LogP contribution in [0.15, 0.2) is 12.3 Å². The van der Waals surface area contributed by atoms with E-state index in [1.807, 2.05) is 0 Å². The Morgan fingerprint density at radius 3 is 2.38 bits per heavy atom. The van der Waals surface area contributed by atoms with E-state index in [2.05, 4.69) is 0 Å². The van der Waals surface area contributed by atoms with Gasteiger partial charge in [-0.1, -0.05) is 6.08 Å². The van der Waals surface area contributed by atoms with Crippen molar-refractivity contribution in [3.63, 3.8) is 0 Å². The summed E-state index contributed by atoms with van der Waals surface area (Å²) >= 11 is -1.86. The molecule has 0 bridgehead atoms. The van der Waals surface area contributed by atoms with Crippen LogP contribution in [-0.2, 0) is 11.3 Å². The van der Waals surface area contributed by atoms with Crippen LogP contribution in [0, 0.1) is 0 Å². The Morgan fingerprint density at radius 2 is 2.25 bits per heavy atom. The van der Waals surface area contributed by atoms with Crippen molar-refractivity contribution in [2.75, 3.05) is 7.05 Å². The molecule has 0 rings (SSSR count). The van der Waals surface area contributed by atoms with Crippen LogP contribution < -0.4 is 0 Å². The average Bonchev–Trinajstić information content (AvgIpc) is 1.67. The maximum atomic E-state index is 10.1. The minimum atomic E-state index is -1.86. The van der Waals surface area contributed by atoms with Gasteiger partial charge in [-0.05, 0) is 6.92 Å². The molecule has 1 N–H and O–H groups in total. The van der Waals surface area contributed by atoms with Gasteiger partial charge in [0, 0.05) is 13.2 Å². The molecule has 48 valence electrons. The first-order valence-electron chi connectivity index (χ1n) is 2.15. The molecule has 0 aromatic carbocycles. The lowest BCUT2D eigenvalue weighted by atomic mass is 10.7. The van der Waals surface area contributed by atoms with E-state index in [9.17, 15) is 4.21 Å². The highest BCUT2D eigenvalue weighted by Crippen LogP contribution is 1.85. The summed E-state index contributed by atoms with van der Waals surface area (Å²) in [5, 5.41) is 0. The molecule has 8 heavy (non-hydrogen) atoms. The minimum absolute atomic E-state index is 1.19. The predicted octanol–water partition coefficient (Wildman–Crippen LogP) is 0.589. The van der Waals surface area contributed by atoms with Crippen LogP contribution in [0.4, 0.5) is 0 Å². The zero-order chi connectivity index (χ0) is 6.57. The molecular formula is C4H9NO2S. The molecule has 0 aromatic rings. The molecule has 0 heterocycles. The molecule has 0 amide bonds. The monoisotopic (exact) mass is 135 g/mol. The van der Waals surface area contributed by atoms with Crippen LogP contribution in [0.1, 0.15) is 6.92 Å². The third kappa shape index (κ3) is 2.76. The Bertz CT molecular complexity index is 113. The molecule has 0 saturated carbocycles. The fraction of sp³-hybridized carbons (Fsp3) is 0.500. The molecule has 0 fully saturated rings. The summed E-state index contributed by atoms with van der Waals surface area (Å²) in [6.07, 6.45) is 3.21. The Kier molecular flexibility index (Phi) is 3.47. The zero-order valence-electron chi connectivity index (χ0n) is 4.87. The van der Waals surface area contributed by atoms with Gasteiger partial charge in [-0.15, -0.1) is 0 Å². The van der Waals surface area contributed by atoms with Crippen molar-refractivity contribution in [3.8, 4) is 0 Å². The first-order valence-corrected chi connectivity index (χ1v) is 3.21. The maximum Gasteiger partial charge on any atom is 0.261 e. The van der Waals surface area contributed by atoms with Gasteiger partial charge < -0.3 is 0 Å². The fourth-order valence-electron chi connectivity index (χ4n) is 0.262. The Morgan fingerprint density at radius 1 is 1.75 bits per heavy atom. The first-order chi connectivity index (χ1) is 3.68. The largest absolute Gasteiger partial charge is 0.289 e. The van der Waals surface area contributed by atoms with Crippen molar-refractivity contribution in [3.05, 3.63) is 12.3 Å². The summed E-state index contributed by atoms with van der Waals surface area (Å²) in [4.78, 5) is 0. The van der Waals surface area contributed by atoms with Crippen molar-refractivity contribution in [2.24, 2.45) is 0 Å². The van der Waals surface area contributed by atoms with Crippen molar-refractivity contribution < 1.29 is 8.76 Å². The lowest BCUT2D eigenvalue weighted by Crippen LogP contribution is -2.12. The lowest BCUT2D eigenvalue weighted by molar-refractivity contribution is 0.507. The highest BCUT2D eigenvalue weighted by atomic mass is 32.2. The van der Waals surface area contributed by atoms with Gasteiger partial charge in [0.1, 0.15) is 0 Å². The quantitative estimate of drug-likeness (QED) is 0.563. The van der Waals surface area contributed by atoms with Gasteiger partial charge in [0.05, 0.1) is 0 Å². The van der Waals surface area contributed by atoms with E-state index in [1.165, 1.54) is 17.6 Å². The topological polar surface area (TPSA) is 40.5 Å². The van der Waals surface area contributed by atoms with Gasteiger partial charge in [0.15, 0.2) is 0 Å². The Hall–Kier alpha value is -0.350. The molecule has 4 heteroatoms. The van der Waals surface area contributed by atoms with E-state index in [0.717, 1.165) is 0 Å². The van der Waals surface area contributed by atoms with E-state index < -0.39 is 11.3 Å². The van der Waals surface area contributed by atoms with Crippen LogP contribution in [0.3, 0.4) is 0 Å². The molecule has 0 aromatic heterocycles. The Labute approximate surface area is 51.4 Å². The second kappa shape index (κ2) is 3.63. The molecule has 0 aliphatic carbocycles. The fourth-order valence-corrected chi connectivity index (χ4v) is 0.488. The summed E-state index contributed by atoms with van der Waals surface area (Å²) in [5.41, 5.74) is 0. The number of hydrogen-bond donors (Lipinski definition) is 1. The second-order valence-corrected chi connectivity index (χ2v) is 2.30. The molecular weight excluding hydrogens is 126 g/mol. The van der Waals surface area contributed by atoms with E-state index in [0.29, 0.717) is 0 Å². The van der Waals surface area contributed by atoms with Gasteiger partial charge in [-0.3, -0.25) is 8.86 Å². The minimum Gasteiger partial charge on any atom is -0.289 e. The summed E-state index contributed by atoms with van der Waals surface area (Å²) < 4.78 is 19.6. The van der Waals surface area contributed by atoms with Crippen molar-refractivity contribution >= 4 is 11.3 Å². The molecule has 0 saturated heterocycles. The van der Waals surface area contributed by atoms with Crippen LogP contribution >= 0.6 is 0 Å².